The number of aryl methyl sites for hydroxylation is 1. The summed E-state index contributed by atoms with van der Waals surface area (Å²) >= 11 is 5.98. The standard InChI is InChI=1S/C24H30ClF3N2O/c1-6-15(2)14-30(5)17(4)22(18-10-7-9-16(3)13-18)29-23(31)19-11-8-12-20(21(19)25)24(26,27)28/h7-13,15,17,22H,6,14H2,1-5H3,(H,29,31). The van der Waals surface area contributed by atoms with Crippen LogP contribution in [0.15, 0.2) is 42.5 Å². The summed E-state index contributed by atoms with van der Waals surface area (Å²) in [7, 11) is 1.99. The van der Waals surface area contributed by atoms with Crippen LogP contribution in [0, 0.1) is 12.8 Å². The number of halogens is 4. The number of alkyl halides is 3. The van der Waals surface area contributed by atoms with Gasteiger partial charge in [0.1, 0.15) is 0 Å². The van der Waals surface area contributed by atoms with Gasteiger partial charge in [-0.05, 0) is 44.5 Å². The Morgan fingerprint density at radius 3 is 2.39 bits per heavy atom. The Morgan fingerprint density at radius 1 is 1.16 bits per heavy atom. The Kier molecular flexibility index (Phi) is 8.55. The minimum atomic E-state index is -4.63. The fraction of sp³-hybridized carbons (Fsp3) is 0.458. The number of carbonyl (C=O) groups is 1. The molecule has 7 heteroatoms. The van der Waals surface area contributed by atoms with Crippen LogP contribution >= 0.6 is 11.6 Å². The first kappa shape index (κ1) is 25.2. The quantitative estimate of drug-likeness (QED) is 0.493. The lowest BCUT2D eigenvalue weighted by Gasteiger charge is -2.34. The molecule has 0 heterocycles. The predicted octanol–water partition coefficient (Wildman–Crippen LogP) is 6.50. The molecule has 0 aromatic heterocycles. The maximum Gasteiger partial charge on any atom is 0.417 e. The van der Waals surface area contributed by atoms with Crippen LogP contribution in [0.3, 0.4) is 0 Å². The number of rotatable bonds is 8. The SMILES string of the molecule is CCC(C)CN(C)C(C)C(NC(=O)c1cccc(C(F)(F)F)c1Cl)c1cccc(C)c1. The van der Waals surface area contributed by atoms with E-state index in [9.17, 15) is 18.0 Å². The monoisotopic (exact) mass is 454 g/mol. The van der Waals surface area contributed by atoms with Crippen LogP contribution in [0.2, 0.25) is 5.02 Å². The molecular weight excluding hydrogens is 425 g/mol. The third-order valence-electron chi connectivity index (χ3n) is 5.71. The van der Waals surface area contributed by atoms with Gasteiger partial charge in [-0.15, -0.1) is 0 Å². The summed E-state index contributed by atoms with van der Waals surface area (Å²) < 4.78 is 39.7. The summed E-state index contributed by atoms with van der Waals surface area (Å²) in [6.45, 7) is 9.08. The molecule has 0 aliphatic rings. The van der Waals surface area contributed by atoms with Gasteiger partial charge in [-0.25, -0.2) is 0 Å². The molecule has 0 aliphatic carbocycles. The van der Waals surface area contributed by atoms with Crippen molar-refractivity contribution in [3.05, 3.63) is 69.7 Å². The van der Waals surface area contributed by atoms with Crippen LogP contribution in [0.5, 0.6) is 0 Å². The highest BCUT2D eigenvalue weighted by atomic mass is 35.5. The molecule has 3 nitrogen and oxygen atoms in total. The Morgan fingerprint density at radius 2 is 1.81 bits per heavy atom. The Hall–Kier alpha value is -2.05. The first-order valence-corrected chi connectivity index (χ1v) is 10.8. The summed E-state index contributed by atoms with van der Waals surface area (Å²) in [5, 5.41) is 2.35. The summed E-state index contributed by atoms with van der Waals surface area (Å²) in [6.07, 6.45) is -3.61. The van der Waals surface area contributed by atoms with E-state index in [1.165, 1.54) is 12.1 Å². The van der Waals surface area contributed by atoms with Crippen LogP contribution in [0.4, 0.5) is 13.2 Å². The topological polar surface area (TPSA) is 32.3 Å². The van der Waals surface area contributed by atoms with E-state index >= 15 is 0 Å². The molecule has 3 unspecified atom stereocenters. The highest BCUT2D eigenvalue weighted by molar-refractivity contribution is 6.34. The Balaban J connectivity index is 2.39. The molecule has 2 aromatic rings. The largest absolute Gasteiger partial charge is 0.417 e. The smallest absolute Gasteiger partial charge is 0.344 e. The van der Waals surface area contributed by atoms with Gasteiger partial charge >= 0.3 is 6.18 Å². The lowest BCUT2D eigenvalue weighted by Crippen LogP contribution is -2.44. The van der Waals surface area contributed by atoms with Crippen molar-refractivity contribution in [3.8, 4) is 0 Å². The van der Waals surface area contributed by atoms with Gasteiger partial charge in [0, 0.05) is 12.6 Å². The molecule has 1 amide bonds. The highest BCUT2D eigenvalue weighted by Crippen LogP contribution is 2.36. The molecular formula is C24H30ClF3N2O. The second-order valence-electron chi connectivity index (χ2n) is 8.22. The van der Waals surface area contributed by atoms with Crippen molar-refractivity contribution >= 4 is 17.5 Å². The lowest BCUT2D eigenvalue weighted by atomic mass is 9.96. The fourth-order valence-electron chi connectivity index (χ4n) is 3.53. The number of amides is 1. The number of carbonyl (C=O) groups excluding carboxylic acids is 1. The number of likely N-dealkylation sites (N-methyl/N-ethyl adjacent to an activating group) is 1. The zero-order valence-corrected chi connectivity index (χ0v) is 19.3. The average Bonchev–Trinajstić information content (AvgIpc) is 2.70. The fourth-order valence-corrected chi connectivity index (χ4v) is 3.85. The van der Waals surface area contributed by atoms with Crippen LogP contribution < -0.4 is 5.32 Å². The molecule has 0 radical (unpaired) electrons. The van der Waals surface area contributed by atoms with Gasteiger partial charge in [-0.3, -0.25) is 4.79 Å². The predicted molar refractivity (Wildman–Crippen MR) is 119 cm³/mol. The van der Waals surface area contributed by atoms with Gasteiger partial charge in [0.25, 0.3) is 5.91 Å². The first-order valence-electron chi connectivity index (χ1n) is 10.4. The zero-order chi connectivity index (χ0) is 23.3. The van der Waals surface area contributed by atoms with Crippen molar-refractivity contribution in [2.24, 2.45) is 5.92 Å². The summed E-state index contributed by atoms with van der Waals surface area (Å²) in [6, 6.07) is 10.6. The van der Waals surface area contributed by atoms with Crippen LogP contribution in [0.25, 0.3) is 0 Å². The maximum atomic E-state index is 13.2. The van der Waals surface area contributed by atoms with Crippen molar-refractivity contribution in [1.29, 1.82) is 0 Å². The minimum absolute atomic E-state index is 0.0932. The van der Waals surface area contributed by atoms with Gasteiger partial charge in [-0.2, -0.15) is 13.2 Å². The van der Waals surface area contributed by atoms with E-state index in [0.29, 0.717) is 5.92 Å². The molecule has 0 bridgehead atoms. The van der Waals surface area contributed by atoms with Gasteiger partial charge < -0.3 is 10.2 Å². The van der Waals surface area contributed by atoms with E-state index in [0.717, 1.165) is 30.2 Å². The number of hydrogen-bond acceptors (Lipinski definition) is 2. The minimum Gasteiger partial charge on any atom is -0.344 e. The maximum absolute atomic E-state index is 13.2. The third kappa shape index (κ3) is 6.47. The zero-order valence-electron chi connectivity index (χ0n) is 18.6. The molecule has 0 spiro atoms. The lowest BCUT2D eigenvalue weighted by molar-refractivity contribution is -0.137. The van der Waals surface area contributed by atoms with E-state index in [1.807, 2.05) is 45.2 Å². The molecule has 0 saturated heterocycles. The third-order valence-corrected chi connectivity index (χ3v) is 6.12. The number of nitrogens with zero attached hydrogens (tertiary/aromatic N) is 1. The molecule has 170 valence electrons. The molecule has 2 rings (SSSR count). The first-order chi connectivity index (χ1) is 14.5. The number of nitrogens with one attached hydrogen (secondary N) is 1. The summed E-state index contributed by atoms with van der Waals surface area (Å²) in [4.78, 5) is 15.2. The highest BCUT2D eigenvalue weighted by Gasteiger charge is 2.35. The average molecular weight is 455 g/mol. The number of benzene rings is 2. The van der Waals surface area contributed by atoms with Gasteiger partial charge in [0.15, 0.2) is 0 Å². The van der Waals surface area contributed by atoms with Crippen molar-refractivity contribution in [1.82, 2.24) is 10.2 Å². The van der Waals surface area contributed by atoms with Crippen molar-refractivity contribution < 1.29 is 18.0 Å². The molecule has 0 fully saturated rings. The van der Waals surface area contributed by atoms with Crippen LogP contribution in [-0.2, 0) is 6.18 Å². The van der Waals surface area contributed by atoms with Crippen molar-refractivity contribution in [2.75, 3.05) is 13.6 Å². The number of hydrogen-bond donors (Lipinski definition) is 1. The van der Waals surface area contributed by atoms with Crippen LogP contribution in [-0.4, -0.2) is 30.4 Å². The molecule has 1 N–H and O–H groups in total. The van der Waals surface area contributed by atoms with E-state index in [-0.39, 0.29) is 11.6 Å². The molecule has 0 aliphatic heterocycles. The molecule has 31 heavy (non-hydrogen) atoms. The van der Waals surface area contributed by atoms with Gasteiger partial charge in [0.05, 0.1) is 22.2 Å². The van der Waals surface area contributed by atoms with Crippen molar-refractivity contribution in [3.63, 3.8) is 0 Å². The van der Waals surface area contributed by atoms with E-state index in [1.54, 1.807) is 0 Å². The van der Waals surface area contributed by atoms with Gasteiger partial charge in [0.2, 0.25) is 0 Å². The summed E-state index contributed by atoms with van der Waals surface area (Å²) in [5.74, 6) is -0.161. The van der Waals surface area contributed by atoms with E-state index < -0.39 is 28.7 Å². The molecule has 0 saturated carbocycles. The molecule has 2 aromatic carbocycles. The van der Waals surface area contributed by atoms with Crippen molar-refractivity contribution in [2.45, 2.75) is 52.4 Å². The van der Waals surface area contributed by atoms with Gasteiger partial charge in [-0.1, -0.05) is 67.8 Å². The Bertz CT molecular complexity index is 901. The second kappa shape index (κ2) is 10.5. The summed E-state index contributed by atoms with van der Waals surface area (Å²) in [5.41, 5.74) is 0.715. The van der Waals surface area contributed by atoms with E-state index in [4.69, 9.17) is 11.6 Å². The molecule has 3 atom stereocenters. The van der Waals surface area contributed by atoms with Crippen LogP contribution in [0.1, 0.15) is 60.3 Å². The second-order valence-corrected chi connectivity index (χ2v) is 8.60. The normalized spacial score (nSPS) is 14.9. The Labute approximate surface area is 187 Å². The van der Waals surface area contributed by atoms with E-state index in [2.05, 4.69) is 24.1 Å².